The second-order valence-electron chi connectivity index (χ2n) is 3.75. The van der Waals surface area contributed by atoms with Crippen molar-refractivity contribution in [3.8, 4) is 0 Å². The van der Waals surface area contributed by atoms with Crippen molar-refractivity contribution < 1.29 is 9.18 Å². The van der Waals surface area contributed by atoms with Gasteiger partial charge in [-0.1, -0.05) is 0 Å². The minimum Gasteiger partial charge on any atom is -0.387 e. The molecule has 0 aliphatic rings. The molecule has 6 heteroatoms. The van der Waals surface area contributed by atoms with Crippen LogP contribution in [-0.4, -0.2) is 17.9 Å². The zero-order valence-electron chi connectivity index (χ0n) is 10.1. The number of aromatic nitrogens is 1. The van der Waals surface area contributed by atoms with E-state index in [1.165, 1.54) is 18.3 Å². The quantitative estimate of drug-likeness (QED) is 0.911. The highest BCUT2D eigenvalue weighted by Gasteiger charge is 2.11. The van der Waals surface area contributed by atoms with Crippen LogP contribution in [0.5, 0.6) is 0 Å². The molecule has 0 atom stereocenters. The summed E-state index contributed by atoms with van der Waals surface area (Å²) in [7, 11) is 1.71. The molecule has 2 rings (SSSR count). The van der Waals surface area contributed by atoms with Crippen molar-refractivity contribution in [1.29, 1.82) is 0 Å². The molecule has 0 radical (unpaired) electrons. The average Bonchev–Trinajstić information content (AvgIpc) is 2.43. The third kappa shape index (κ3) is 3.08. The normalized spacial score (nSPS) is 10.1. The molecule has 2 aromatic rings. The number of hydrogen-bond donors (Lipinski definition) is 2. The Morgan fingerprint density at radius 3 is 2.84 bits per heavy atom. The molecule has 0 aliphatic heterocycles. The van der Waals surface area contributed by atoms with E-state index in [1.807, 2.05) is 0 Å². The largest absolute Gasteiger partial charge is 0.387 e. The van der Waals surface area contributed by atoms with Gasteiger partial charge >= 0.3 is 0 Å². The van der Waals surface area contributed by atoms with Gasteiger partial charge in [-0.3, -0.25) is 9.78 Å². The van der Waals surface area contributed by atoms with Crippen LogP contribution < -0.4 is 10.6 Å². The Labute approximate surface area is 118 Å². The number of hydrogen-bond acceptors (Lipinski definition) is 3. The molecule has 2 N–H and O–H groups in total. The summed E-state index contributed by atoms with van der Waals surface area (Å²) < 4.78 is 13.7. The first kappa shape index (κ1) is 13.5. The average molecular weight is 324 g/mol. The number of rotatable bonds is 3. The predicted octanol–water partition coefficient (Wildman–Crippen LogP) is 3.28. The lowest BCUT2D eigenvalue weighted by Crippen LogP contribution is -2.14. The van der Waals surface area contributed by atoms with E-state index in [4.69, 9.17) is 0 Å². The van der Waals surface area contributed by atoms with Gasteiger partial charge in [0.25, 0.3) is 5.91 Å². The van der Waals surface area contributed by atoms with Crippen LogP contribution in [0.15, 0.2) is 41.1 Å². The number of carbonyl (C=O) groups excluding carboxylic acids is 1. The van der Waals surface area contributed by atoms with Crippen LogP contribution in [0.3, 0.4) is 0 Å². The number of pyridine rings is 1. The van der Waals surface area contributed by atoms with E-state index in [0.717, 1.165) is 0 Å². The monoisotopic (exact) mass is 323 g/mol. The van der Waals surface area contributed by atoms with Crippen LogP contribution in [0.25, 0.3) is 0 Å². The molecule has 4 nitrogen and oxygen atoms in total. The lowest BCUT2D eigenvalue weighted by molar-refractivity contribution is 0.102. The molecule has 1 heterocycles. The van der Waals surface area contributed by atoms with E-state index < -0.39 is 5.82 Å². The summed E-state index contributed by atoms with van der Waals surface area (Å²) in [6, 6.07) is 6.09. The molecule has 1 aromatic carbocycles. The van der Waals surface area contributed by atoms with Gasteiger partial charge < -0.3 is 10.6 Å². The van der Waals surface area contributed by atoms with Crippen LogP contribution in [0.1, 0.15) is 10.4 Å². The highest BCUT2D eigenvalue weighted by molar-refractivity contribution is 9.10. The summed E-state index contributed by atoms with van der Waals surface area (Å²) in [6.45, 7) is 0. The number of carbonyl (C=O) groups is 1. The molecule has 1 aromatic heterocycles. The van der Waals surface area contributed by atoms with Gasteiger partial charge in [0.1, 0.15) is 5.82 Å². The third-order valence-electron chi connectivity index (χ3n) is 2.51. The first-order valence-corrected chi connectivity index (χ1v) is 6.29. The Balaban J connectivity index is 2.23. The first-order valence-electron chi connectivity index (χ1n) is 5.50. The van der Waals surface area contributed by atoms with Crippen molar-refractivity contribution in [3.63, 3.8) is 0 Å². The predicted molar refractivity (Wildman–Crippen MR) is 75.8 cm³/mol. The Morgan fingerprint density at radius 1 is 1.37 bits per heavy atom. The van der Waals surface area contributed by atoms with Gasteiger partial charge in [0.05, 0.1) is 10.0 Å². The van der Waals surface area contributed by atoms with Crippen LogP contribution in [0.4, 0.5) is 15.8 Å². The van der Waals surface area contributed by atoms with Crippen LogP contribution in [0, 0.1) is 5.82 Å². The number of benzene rings is 1. The van der Waals surface area contributed by atoms with Crippen molar-refractivity contribution >= 4 is 33.2 Å². The smallest absolute Gasteiger partial charge is 0.259 e. The second-order valence-corrected chi connectivity index (χ2v) is 4.61. The highest BCUT2D eigenvalue weighted by Crippen LogP contribution is 2.21. The van der Waals surface area contributed by atoms with Crippen molar-refractivity contribution in [3.05, 3.63) is 52.5 Å². The molecule has 0 saturated heterocycles. The van der Waals surface area contributed by atoms with Gasteiger partial charge in [0.2, 0.25) is 0 Å². The molecular formula is C13H11BrFN3O. The lowest BCUT2D eigenvalue weighted by Gasteiger charge is -2.09. The molecule has 0 spiro atoms. The Morgan fingerprint density at radius 2 is 2.16 bits per heavy atom. The number of nitrogens with one attached hydrogen (secondary N) is 2. The van der Waals surface area contributed by atoms with E-state index in [0.29, 0.717) is 21.4 Å². The van der Waals surface area contributed by atoms with Gasteiger partial charge in [-0.15, -0.1) is 0 Å². The van der Waals surface area contributed by atoms with Gasteiger partial charge in [-0.2, -0.15) is 0 Å². The summed E-state index contributed by atoms with van der Waals surface area (Å²) in [5.74, 6) is -0.781. The topological polar surface area (TPSA) is 54.0 Å². The van der Waals surface area contributed by atoms with Gasteiger partial charge in [0, 0.05) is 30.8 Å². The fourth-order valence-corrected chi connectivity index (χ4v) is 1.81. The minimum absolute atomic E-state index is 0.348. The Bertz CT molecular complexity index is 619. The summed E-state index contributed by atoms with van der Waals surface area (Å²) in [5.41, 5.74) is 1.44. The van der Waals surface area contributed by atoms with Gasteiger partial charge in [0.15, 0.2) is 0 Å². The summed E-state index contributed by atoms with van der Waals surface area (Å²) >= 11 is 3.06. The van der Waals surface area contributed by atoms with Crippen LogP contribution >= 0.6 is 15.9 Å². The van der Waals surface area contributed by atoms with Crippen molar-refractivity contribution in [2.45, 2.75) is 0 Å². The first-order chi connectivity index (χ1) is 9.11. The third-order valence-corrected chi connectivity index (χ3v) is 3.16. The van der Waals surface area contributed by atoms with Crippen LogP contribution in [-0.2, 0) is 0 Å². The SMILES string of the molecule is CNc1ccncc1C(=O)Nc1ccc(Br)c(F)c1. The maximum atomic E-state index is 13.4. The molecule has 0 saturated carbocycles. The maximum absolute atomic E-state index is 13.4. The van der Waals surface area contributed by atoms with Crippen molar-refractivity contribution in [1.82, 2.24) is 4.98 Å². The van der Waals surface area contributed by atoms with Gasteiger partial charge in [-0.05, 0) is 40.2 Å². The summed E-state index contributed by atoms with van der Waals surface area (Å²) in [6.07, 6.45) is 3.04. The molecular weight excluding hydrogens is 313 g/mol. The number of halogens is 2. The molecule has 19 heavy (non-hydrogen) atoms. The van der Waals surface area contributed by atoms with Crippen molar-refractivity contribution in [2.24, 2.45) is 0 Å². The van der Waals surface area contributed by atoms with E-state index in [9.17, 15) is 9.18 Å². The van der Waals surface area contributed by atoms with E-state index in [2.05, 4.69) is 31.5 Å². The minimum atomic E-state index is -0.433. The fourth-order valence-electron chi connectivity index (χ4n) is 1.57. The standard InChI is InChI=1S/C13H11BrFN3O/c1-16-12-4-5-17-7-9(12)13(19)18-8-2-3-10(14)11(15)6-8/h2-7H,1H3,(H,16,17)(H,18,19). The van der Waals surface area contributed by atoms with Crippen LogP contribution in [0.2, 0.25) is 0 Å². The number of anilines is 2. The summed E-state index contributed by atoms with van der Waals surface area (Å²) in [4.78, 5) is 16.0. The molecule has 1 amide bonds. The second kappa shape index (κ2) is 5.79. The van der Waals surface area contributed by atoms with Gasteiger partial charge in [-0.25, -0.2) is 4.39 Å². The Hall–Kier alpha value is -1.95. The van der Waals surface area contributed by atoms with Crippen molar-refractivity contribution in [2.75, 3.05) is 17.7 Å². The summed E-state index contributed by atoms with van der Waals surface area (Å²) in [5, 5.41) is 5.52. The van der Waals surface area contributed by atoms with E-state index in [-0.39, 0.29) is 5.91 Å². The zero-order chi connectivity index (χ0) is 13.8. The maximum Gasteiger partial charge on any atom is 0.259 e. The van der Waals surface area contributed by atoms with E-state index in [1.54, 1.807) is 25.4 Å². The molecule has 98 valence electrons. The Kier molecular flexibility index (Phi) is 4.11. The zero-order valence-corrected chi connectivity index (χ0v) is 11.7. The lowest BCUT2D eigenvalue weighted by atomic mass is 10.2. The number of nitrogens with zero attached hydrogens (tertiary/aromatic N) is 1. The number of amides is 1. The van der Waals surface area contributed by atoms with E-state index >= 15 is 0 Å². The highest BCUT2D eigenvalue weighted by atomic mass is 79.9. The molecule has 0 unspecified atom stereocenters. The fraction of sp³-hybridized carbons (Fsp3) is 0.0769. The molecule has 0 bridgehead atoms. The molecule has 0 aliphatic carbocycles. The molecule has 0 fully saturated rings.